The number of benzene rings is 1. The molecular formula is C18H21NO4S2. The summed E-state index contributed by atoms with van der Waals surface area (Å²) in [5.74, 6) is 0.203. The Balaban J connectivity index is 1.99. The van der Waals surface area contributed by atoms with Crippen molar-refractivity contribution in [1.82, 2.24) is 4.90 Å². The minimum atomic E-state index is -0.953. The number of carbonyl (C=O) groups is 2. The van der Waals surface area contributed by atoms with E-state index in [-0.39, 0.29) is 18.9 Å². The molecule has 7 heteroatoms. The smallest absolute Gasteiger partial charge is 0.305 e. The Morgan fingerprint density at radius 2 is 2.04 bits per heavy atom. The van der Waals surface area contributed by atoms with Crippen LogP contribution in [0.2, 0.25) is 0 Å². The number of thiocarbonyl (C=S) groups is 1. The van der Waals surface area contributed by atoms with Crippen molar-refractivity contribution >= 4 is 46.3 Å². The molecule has 1 aromatic carbocycles. The van der Waals surface area contributed by atoms with Gasteiger partial charge in [0.05, 0.1) is 17.9 Å². The SMILES string of the molecule is CC(C)CCOc1ccc(/C=C2/SC(=S)N(CCC(=O)O)C2=O)cc1. The minimum absolute atomic E-state index is 0.0972. The van der Waals surface area contributed by atoms with Crippen molar-refractivity contribution in [3.8, 4) is 5.75 Å². The summed E-state index contributed by atoms with van der Waals surface area (Å²) in [7, 11) is 0. The van der Waals surface area contributed by atoms with Gasteiger partial charge in [-0.1, -0.05) is 50.0 Å². The fourth-order valence-electron chi connectivity index (χ4n) is 2.12. The molecule has 0 atom stereocenters. The van der Waals surface area contributed by atoms with Gasteiger partial charge in [-0.2, -0.15) is 0 Å². The summed E-state index contributed by atoms with van der Waals surface area (Å²) in [5.41, 5.74) is 0.870. The molecule has 134 valence electrons. The Bertz CT molecular complexity index is 683. The monoisotopic (exact) mass is 379 g/mol. The van der Waals surface area contributed by atoms with Gasteiger partial charge < -0.3 is 9.84 Å². The maximum absolute atomic E-state index is 12.3. The molecule has 1 saturated heterocycles. The van der Waals surface area contributed by atoms with Crippen LogP contribution in [0.3, 0.4) is 0 Å². The number of carboxylic acid groups (broad SMARTS) is 1. The van der Waals surface area contributed by atoms with Crippen LogP contribution in [0.15, 0.2) is 29.2 Å². The Morgan fingerprint density at radius 3 is 2.64 bits per heavy atom. The van der Waals surface area contributed by atoms with E-state index in [2.05, 4.69) is 13.8 Å². The number of aliphatic carboxylic acids is 1. The molecule has 1 fully saturated rings. The zero-order valence-corrected chi connectivity index (χ0v) is 15.9. The van der Waals surface area contributed by atoms with Gasteiger partial charge in [0.15, 0.2) is 0 Å². The van der Waals surface area contributed by atoms with E-state index in [9.17, 15) is 9.59 Å². The van der Waals surface area contributed by atoms with Gasteiger partial charge in [-0.25, -0.2) is 0 Å². The van der Waals surface area contributed by atoms with E-state index in [0.717, 1.165) is 17.7 Å². The first-order valence-electron chi connectivity index (χ1n) is 8.07. The van der Waals surface area contributed by atoms with Crippen LogP contribution in [0.5, 0.6) is 5.75 Å². The predicted molar refractivity (Wildman–Crippen MR) is 104 cm³/mol. The summed E-state index contributed by atoms with van der Waals surface area (Å²) < 4.78 is 6.07. The van der Waals surface area contributed by atoms with Gasteiger partial charge in [0.2, 0.25) is 0 Å². The molecule has 5 nitrogen and oxygen atoms in total. The maximum atomic E-state index is 12.3. The van der Waals surface area contributed by atoms with Gasteiger partial charge in [-0.3, -0.25) is 14.5 Å². The van der Waals surface area contributed by atoms with E-state index < -0.39 is 5.97 Å². The molecule has 0 saturated carbocycles. The molecule has 0 bridgehead atoms. The number of hydrogen-bond donors (Lipinski definition) is 1. The van der Waals surface area contributed by atoms with Crippen LogP contribution in [0.25, 0.3) is 6.08 Å². The maximum Gasteiger partial charge on any atom is 0.305 e. The van der Waals surface area contributed by atoms with E-state index in [1.807, 2.05) is 24.3 Å². The standard InChI is InChI=1S/C18H21NO4S2/c1-12(2)8-10-23-14-5-3-13(4-6-14)11-15-17(22)19(18(24)25-15)9-7-16(20)21/h3-6,11-12H,7-10H2,1-2H3,(H,20,21)/b15-11+. The molecule has 1 amide bonds. The van der Waals surface area contributed by atoms with Gasteiger partial charge in [-0.05, 0) is 36.1 Å². The first-order valence-corrected chi connectivity index (χ1v) is 9.29. The lowest BCUT2D eigenvalue weighted by Gasteiger charge is -2.12. The highest BCUT2D eigenvalue weighted by atomic mass is 32.2. The van der Waals surface area contributed by atoms with E-state index in [1.54, 1.807) is 6.08 Å². The van der Waals surface area contributed by atoms with Crippen molar-refractivity contribution < 1.29 is 19.4 Å². The molecule has 0 radical (unpaired) electrons. The van der Waals surface area contributed by atoms with Crippen molar-refractivity contribution in [3.63, 3.8) is 0 Å². The van der Waals surface area contributed by atoms with Crippen LogP contribution in [0.4, 0.5) is 0 Å². The van der Waals surface area contributed by atoms with Crippen LogP contribution >= 0.6 is 24.0 Å². The Kier molecular flexibility index (Phi) is 7.01. The van der Waals surface area contributed by atoms with Crippen molar-refractivity contribution in [2.75, 3.05) is 13.2 Å². The van der Waals surface area contributed by atoms with Gasteiger partial charge >= 0.3 is 5.97 Å². The molecule has 1 aliphatic rings. The average molecular weight is 380 g/mol. The summed E-state index contributed by atoms with van der Waals surface area (Å²) in [6.07, 6.45) is 2.64. The van der Waals surface area contributed by atoms with E-state index >= 15 is 0 Å². The molecule has 25 heavy (non-hydrogen) atoms. The zero-order valence-electron chi connectivity index (χ0n) is 14.2. The van der Waals surface area contributed by atoms with Gasteiger partial charge in [0, 0.05) is 6.54 Å². The number of ether oxygens (including phenoxy) is 1. The molecule has 1 heterocycles. The highest BCUT2D eigenvalue weighted by molar-refractivity contribution is 8.26. The third-order valence-electron chi connectivity index (χ3n) is 3.56. The summed E-state index contributed by atoms with van der Waals surface area (Å²) in [4.78, 5) is 24.8. The number of nitrogens with zero attached hydrogens (tertiary/aromatic N) is 1. The van der Waals surface area contributed by atoms with E-state index in [4.69, 9.17) is 22.1 Å². The Hall–Kier alpha value is -1.86. The molecular weight excluding hydrogens is 358 g/mol. The second-order valence-corrected chi connectivity index (χ2v) is 7.75. The van der Waals surface area contributed by atoms with Crippen LogP contribution in [0.1, 0.15) is 32.3 Å². The highest BCUT2D eigenvalue weighted by Gasteiger charge is 2.31. The summed E-state index contributed by atoms with van der Waals surface area (Å²) in [6, 6.07) is 7.51. The fourth-order valence-corrected chi connectivity index (χ4v) is 3.43. The summed E-state index contributed by atoms with van der Waals surface area (Å²) in [6.45, 7) is 5.08. The van der Waals surface area contributed by atoms with Crippen LogP contribution < -0.4 is 4.74 Å². The fraction of sp³-hybridized carbons (Fsp3) is 0.389. The van der Waals surface area contributed by atoms with E-state index in [1.165, 1.54) is 16.7 Å². The van der Waals surface area contributed by atoms with Crippen molar-refractivity contribution in [2.45, 2.75) is 26.7 Å². The molecule has 0 aromatic heterocycles. The second-order valence-electron chi connectivity index (χ2n) is 6.08. The predicted octanol–water partition coefficient (Wildman–Crippen LogP) is 3.79. The number of amides is 1. The normalized spacial score (nSPS) is 16.1. The quantitative estimate of drug-likeness (QED) is 0.548. The average Bonchev–Trinajstić information content (AvgIpc) is 2.80. The number of rotatable bonds is 8. The number of carbonyl (C=O) groups excluding carboxylic acids is 1. The molecule has 1 aromatic rings. The topological polar surface area (TPSA) is 66.8 Å². The van der Waals surface area contributed by atoms with Gasteiger partial charge in [-0.15, -0.1) is 0 Å². The van der Waals surface area contributed by atoms with Crippen LogP contribution in [-0.4, -0.2) is 39.4 Å². The number of thioether (sulfide) groups is 1. The van der Waals surface area contributed by atoms with E-state index in [0.29, 0.717) is 21.8 Å². The van der Waals surface area contributed by atoms with Gasteiger partial charge in [0.1, 0.15) is 10.1 Å². The third-order valence-corrected chi connectivity index (χ3v) is 4.94. The third kappa shape index (κ3) is 5.86. The van der Waals surface area contributed by atoms with Crippen molar-refractivity contribution in [3.05, 3.63) is 34.7 Å². The molecule has 1 N–H and O–H groups in total. The Labute approximate surface area is 157 Å². The minimum Gasteiger partial charge on any atom is -0.494 e. The number of carboxylic acids is 1. The zero-order chi connectivity index (χ0) is 18.4. The molecule has 1 aliphatic heterocycles. The van der Waals surface area contributed by atoms with Crippen molar-refractivity contribution in [1.29, 1.82) is 0 Å². The first kappa shape index (κ1) is 19.5. The van der Waals surface area contributed by atoms with Crippen LogP contribution in [0, 0.1) is 5.92 Å². The van der Waals surface area contributed by atoms with Crippen molar-refractivity contribution in [2.24, 2.45) is 5.92 Å². The summed E-state index contributed by atoms with van der Waals surface area (Å²) >= 11 is 6.36. The molecule has 0 unspecified atom stereocenters. The lowest BCUT2D eigenvalue weighted by Crippen LogP contribution is -2.30. The van der Waals surface area contributed by atoms with Gasteiger partial charge in [0.25, 0.3) is 5.91 Å². The molecule has 0 spiro atoms. The Morgan fingerprint density at radius 1 is 1.36 bits per heavy atom. The molecule has 2 rings (SSSR count). The highest BCUT2D eigenvalue weighted by Crippen LogP contribution is 2.32. The number of hydrogen-bond acceptors (Lipinski definition) is 5. The summed E-state index contributed by atoms with van der Waals surface area (Å²) in [5, 5.41) is 8.75. The second kappa shape index (κ2) is 9.01. The lowest BCUT2D eigenvalue weighted by atomic mass is 10.1. The lowest BCUT2D eigenvalue weighted by molar-refractivity contribution is -0.137. The first-order chi connectivity index (χ1) is 11.9. The largest absolute Gasteiger partial charge is 0.494 e. The van der Waals surface area contributed by atoms with Crippen LogP contribution in [-0.2, 0) is 9.59 Å². The molecule has 0 aliphatic carbocycles.